The molecule has 12 fully saturated rings. The SMILES string of the molecule is C.C.CC(C)C1C2COC3OCC1(C)C3C2.CC(C)C1C2COC3OCC1(C)C3C2.CC(C)C1C2COC3OCC1C3C2.CC(C)[C@H]1C[C@H]2CO[C@H]3OCC[C@@H]1[C@@H]23. The van der Waals surface area contributed by atoms with E-state index in [9.17, 15) is 0 Å². The van der Waals surface area contributed by atoms with Crippen molar-refractivity contribution >= 4 is 0 Å². The summed E-state index contributed by atoms with van der Waals surface area (Å²) in [5.74, 6) is 14.3. The summed E-state index contributed by atoms with van der Waals surface area (Å²) in [6.45, 7) is 31.1. The molecule has 0 aromatic rings. The zero-order chi connectivity index (χ0) is 38.6. The van der Waals surface area contributed by atoms with E-state index < -0.39 is 0 Å². The molecule has 8 heterocycles. The van der Waals surface area contributed by atoms with Gasteiger partial charge in [0.25, 0.3) is 0 Å². The number of fused-ring (bicyclic) bond motifs is 3. The van der Waals surface area contributed by atoms with Crippen LogP contribution in [0.4, 0.5) is 0 Å². The van der Waals surface area contributed by atoms with Gasteiger partial charge in [-0.3, -0.25) is 0 Å². The zero-order valence-electron chi connectivity index (χ0n) is 36.2. The number of ether oxygens (including phenoxy) is 8. The van der Waals surface area contributed by atoms with Gasteiger partial charge in [-0.05, 0) is 115 Å². The lowest BCUT2D eigenvalue weighted by Gasteiger charge is -2.34. The molecule has 15 unspecified atom stereocenters. The van der Waals surface area contributed by atoms with Gasteiger partial charge >= 0.3 is 0 Å². The first-order chi connectivity index (χ1) is 26.3. The Labute approximate surface area is 348 Å². The summed E-state index contributed by atoms with van der Waals surface area (Å²) >= 11 is 0. The maximum Gasteiger partial charge on any atom is 0.161 e. The zero-order valence-corrected chi connectivity index (χ0v) is 36.2. The average Bonchev–Trinajstić information content (AvgIpc) is 3.99. The first-order valence-electron chi connectivity index (χ1n) is 23.2. The minimum Gasteiger partial charge on any atom is -0.352 e. The van der Waals surface area contributed by atoms with Crippen LogP contribution < -0.4 is 0 Å². The molecule has 8 saturated heterocycles. The van der Waals surface area contributed by atoms with Crippen molar-refractivity contribution < 1.29 is 37.9 Å². The summed E-state index contributed by atoms with van der Waals surface area (Å²) in [6.07, 6.45) is 7.25. The number of hydrogen-bond acceptors (Lipinski definition) is 8. The molecule has 8 nitrogen and oxygen atoms in total. The van der Waals surface area contributed by atoms with Crippen molar-refractivity contribution in [3.05, 3.63) is 0 Å². The molecule has 20 atom stereocenters. The van der Waals surface area contributed by atoms with Gasteiger partial charge in [0, 0.05) is 34.5 Å². The van der Waals surface area contributed by atoms with E-state index in [1.54, 1.807) is 0 Å². The minimum atomic E-state index is 0. The third kappa shape index (κ3) is 7.46. The Morgan fingerprint density at radius 1 is 0.439 bits per heavy atom. The summed E-state index contributed by atoms with van der Waals surface area (Å²) in [5.41, 5.74) is 0.806. The normalized spacial score (nSPS) is 52.1. The molecule has 12 rings (SSSR count). The predicted molar refractivity (Wildman–Crippen MR) is 224 cm³/mol. The molecular weight excluding hydrogens is 717 g/mol. The first-order valence-corrected chi connectivity index (χ1v) is 23.2. The van der Waals surface area contributed by atoms with Crippen LogP contribution in [0.15, 0.2) is 0 Å². The van der Waals surface area contributed by atoms with E-state index in [1.807, 2.05) is 0 Å². The van der Waals surface area contributed by atoms with E-state index in [4.69, 9.17) is 37.9 Å². The summed E-state index contributed by atoms with van der Waals surface area (Å²) in [6, 6.07) is 0. The topological polar surface area (TPSA) is 73.8 Å². The Hall–Kier alpha value is -0.320. The van der Waals surface area contributed by atoms with Crippen molar-refractivity contribution in [2.45, 2.75) is 141 Å². The predicted octanol–water partition coefficient (Wildman–Crippen LogP) is 10.0. The molecule has 6 bridgehead atoms. The van der Waals surface area contributed by atoms with Crippen LogP contribution in [0.2, 0.25) is 0 Å². The van der Waals surface area contributed by atoms with Gasteiger partial charge in [0.2, 0.25) is 0 Å². The maximum atomic E-state index is 5.78. The van der Waals surface area contributed by atoms with Gasteiger partial charge < -0.3 is 37.9 Å². The molecule has 330 valence electrons. The summed E-state index contributed by atoms with van der Waals surface area (Å²) in [4.78, 5) is 0. The maximum absolute atomic E-state index is 5.78. The van der Waals surface area contributed by atoms with E-state index in [2.05, 4.69) is 69.2 Å². The molecular formula is C49H86O8. The molecule has 12 aliphatic rings. The number of hydrogen-bond donors (Lipinski definition) is 0. The van der Waals surface area contributed by atoms with Crippen LogP contribution in [0.3, 0.4) is 0 Å². The lowest BCUT2D eigenvalue weighted by atomic mass is 9.70. The fraction of sp³-hybridized carbons (Fsp3) is 1.00. The quantitative estimate of drug-likeness (QED) is 0.278. The van der Waals surface area contributed by atoms with Crippen LogP contribution in [-0.4, -0.2) is 78.0 Å². The molecule has 0 radical (unpaired) electrons. The van der Waals surface area contributed by atoms with Crippen molar-refractivity contribution in [3.63, 3.8) is 0 Å². The van der Waals surface area contributed by atoms with E-state index in [1.165, 1.54) is 32.1 Å². The van der Waals surface area contributed by atoms with Crippen LogP contribution in [0.1, 0.15) is 116 Å². The van der Waals surface area contributed by atoms with Gasteiger partial charge in [0.1, 0.15) is 0 Å². The standard InChI is InChI=1S/3C12H20O2.C11H18O2.2CH4/c2*1-7(2)10-8-4-9-11(13-5-8)14-6-12(9,10)3;1-7(2)10-5-8-6-14-12-11(8)9(10)3-4-13-12;1-6(2)10-7-3-8-9(10)5-13-11(8)12-4-7;;/h2*7-11H,4-6H2,1-3H3;7-12H,3-6H2,1-2H3;6-11H,3-5H2,1-2H3;2*1H4/t;;8-,9-,10+,11+,12+;;;/m..0.../s1. The van der Waals surface area contributed by atoms with Crippen LogP contribution in [-0.2, 0) is 37.9 Å². The molecule has 0 aromatic carbocycles. The molecule has 0 spiro atoms. The molecule has 4 aliphatic carbocycles. The molecule has 4 saturated carbocycles. The fourth-order valence-electron chi connectivity index (χ4n) is 16.5. The number of rotatable bonds is 4. The van der Waals surface area contributed by atoms with Gasteiger partial charge in [-0.25, -0.2) is 0 Å². The molecule has 8 heteroatoms. The van der Waals surface area contributed by atoms with Crippen LogP contribution in [0.25, 0.3) is 0 Å². The first kappa shape index (κ1) is 44.7. The van der Waals surface area contributed by atoms with E-state index in [-0.39, 0.29) is 40.0 Å². The van der Waals surface area contributed by atoms with Crippen molar-refractivity contribution in [3.8, 4) is 0 Å². The van der Waals surface area contributed by atoms with E-state index in [0.717, 1.165) is 148 Å². The van der Waals surface area contributed by atoms with Gasteiger partial charge in [0.15, 0.2) is 25.2 Å². The van der Waals surface area contributed by atoms with E-state index in [0.29, 0.717) is 22.7 Å². The highest BCUT2D eigenvalue weighted by molar-refractivity contribution is 5.08. The monoisotopic (exact) mass is 803 g/mol. The van der Waals surface area contributed by atoms with Crippen molar-refractivity contribution in [2.24, 2.45) is 117 Å². The van der Waals surface area contributed by atoms with Crippen molar-refractivity contribution in [2.75, 3.05) is 52.9 Å². The average molecular weight is 803 g/mol. The Morgan fingerprint density at radius 2 is 0.947 bits per heavy atom. The third-order valence-corrected chi connectivity index (χ3v) is 18.3. The summed E-state index contributed by atoms with van der Waals surface area (Å²) in [5, 5.41) is 0. The molecule has 0 N–H and O–H groups in total. The Balaban J connectivity index is 0.000000115. The second-order valence-corrected chi connectivity index (χ2v) is 22.5. The van der Waals surface area contributed by atoms with Crippen molar-refractivity contribution in [1.29, 1.82) is 0 Å². The highest BCUT2D eigenvalue weighted by Gasteiger charge is 2.63. The lowest BCUT2D eigenvalue weighted by molar-refractivity contribution is -0.170. The fourth-order valence-corrected chi connectivity index (χ4v) is 16.5. The van der Waals surface area contributed by atoms with Gasteiger partial charge in [-0.2, -0.15) is 0 Å². The summed E-state index contributed by atoms with van der Waals surface area (Å²) < 4.78 is 45.9. The van der Waals surface area contributed by atoms with E-state index >= 15 is 0 Å². The third-order valence-electron chi connectivity index (χ3n) is 18.3. The van der Waals surface area contributed by atoms with Crippen LogP contribution >= 0.6 is 0 Å². The summed E-state index contributed by atoms with van der Waals surface area (Å²) in [7, 11) is 0. The lowest BCUT2D eigenvalue weighted by Crippen LogP contribution is -2.35. The van der Waals surface area contributed by atoms with Gasteiger partial charge in [-0.1, -0.05) is 84.1 Å². The van der Waals surface area contributed by atoms with Crippen LogP contribution in [0.5, 0.6) is 0 Å². The minimum absolute atomic E-state index is 0. The van der Waals surface area contributed by atoms with Gasteiger partial charge in [-0.15, -0.1) is 0 Å². The Morgan fingerprint density at radius 3 is 1.49 bits per heavy atom. The Kier molecular flexibility index (Phi) is 13.4. The highest BCUT2D eigenvalue weighted by Crippen LogP contribution is 2.63. The van der Waals surface area contributed by atoms with Crippen molar-refractivity contribution in [1.82, 2.24) is 0 Å². The Bertz CT molecular complexity index is 1280. The molecule has 8 aliphatic heterocycles. The second kappa shape index (κ2) is 17.1. The molecule has 0 aromatic heterocycles. The van der Waals surface area contributed by atoms with Gasteiger partial charge in [0.05, 0.1) is 52.9 Å². The molecule has 0 amide bonds. The van der Waals surface area contributed by atoms with Crippen LogP contribution in [0, 0.1) is 117 Å². The highest BCUT2D eigenvalue weighted by atomic mass is 16.7. The second-order valence-electron chi connectivity index (χ2n) is 22.5. The molecule has 57 heavy (non-hydrogen) atoms. The largest absolute Gasteiger partial charge is 0.352 e. The smallest absolute Gasteiger partial charge is 0.161 e.